The maximum absolute atomic E-state index is 11.7. The van der Waals surface area contributed by atoms with Gasteiger partial charge in [-0.3, -0.25) is 0 Å². The summed E-state index contributed by atoms with van der Waals surface area (Å²) in [6, 6.07) is 5.09. The van der Waals surface area contributed by atoms with E-state index in [4.69, 9.17) is 15.2 Å². The van der Waals surface area contributed by atoms with Crippen LogP contribution in [0.5, 0.6) is 5.75 Å². The van der Waals surface area contributed by atoms with Crippen molar-refractivity contribution in [1.82, 2.24) is 0 Å². The molecule has 0 spiro atoms. The molecule has 0 bridgehead atoms. The normalized spacial score (nSPS) is 16.3. The highest BCUT2D eigenvalue weighted by molar-refractivity contribution is 5.93. The predicted molar refractivity (Wildman–Crippen MR) is 69.7 cm³/mol. The van der Waals surface area contributed by atoms with Gasteiger partial charge >= 0.3 is 5.97 Å². The van der Waals surface area contributed by atoms with E-state index in [2.05, 4.69) is 0 Å². The van der Waals surface area contributed by atoms with E-state index in [-0.39, 0.29) is 6.10 Å². The summed E-state index contributed by atoms with van der Waals surface area (Å²) in [5.41, 5.74) is 6.63. The number of ether oxygens (including phenoxy) is 2. The number of hydrogen-bond donors (Lipinski definition) is 1. The zero-order valence-electron chi connectivity index (χ0n) is 10.6. The second-order valence-corrected chi connectivity index (χ2v) is 4.63. The maximum Gasteiger partial charge on any atom is 0.341 e. The van der Waals surface area contributed by atoms with Crippen molar-refractivity contribution in [2.45, 2.75) is 38.2 Å². The van der Waals surface area contributed by atoms with Gasteiger partial charge in [0.2, 0.25) is 0 Å². The van der Waals surface area contributed by atoms with Gasteiger partial charge in [-0.1, -0.05) is 6.42 Å². The van der Waals surface area contributed by atoms with Crippen molar-refractivity contribution in [2.24, 2.45) is 0 Å². The van der Waals surface area contributed by atoms with Crippen LogP contribution in [0.25, 0.3) is 0 Å². The van der Waals surface area contributed by atoms with Crippen molar-refractivity contribution in [2.75, 3.05) is 12.8 Å². The molecule has 4 heteroatoms. The van der Waals surface area contributed by atoms with Crippen LogP contribution >= 0.6 is 0 Å². The third-order valence-electron chi connectivity index (χ3n) is 3.25. The highest BCUT2D eigenvalue weighted by Crippen LogP contribution is 2.27. The molecule has 1 fully saturated rings. The van der Waals surface area contributed by atoms with Crippen LogP contribution in [0.2, 0.25) is 0 Å². The fourth-order valence-corrected chi connectivity index (χ4v) is 2.28. The van der Waals surface area contributed by atoms with Crippen LogP contribution in [-0.4, -0.2) is 19.2 Å². The Morgan fingerprint density at radius 1 is 1.28 bits per heavy atom. The van der Waals surface area contributed by atoms with Crippen LogP contribution in [0, 0.1) is 0 Å². The monoisotopic (exact) mass is 249 g/mol. The Balaban J connectivity index is 2.17. The topological polar surface area (TPSA) is 61.5 Å². The molecule has 2 N–H and O–H groups in total. The van der Waals surface area contributed by atoms with Gasteiger partial charge in [0.05, 0.1) is 13.2 Å². The molecule has 2 rings (SSSR count). The molecule has 1 aromatic carbocycles. The van der Waals surface area contributed by atoms with E-state index in [9.17, 15) is 4.79 Å². The van der Waals surface area contributed by atoms with E-state index in [1.165, 1.54) is 26.4 Å². The fourth-order valence-electron chi connectivity index (χ4n) is 2.28. The van der Waals surface area contributed by atoms with Gasteiger partial charge in [0, 0.05) is 5.69 Å². The third-order valence-corrected chi connectivity index (χ3v) is 3.25. The Kier molecular flexibility index (Phi) is 4.07. The summed E-state index contributed by atoms with van der Waals surface area (Å²) in [7, 11) is 1.36. The number of carbonyl (C=O) groups is 1. The van der Waals surface area contributed by atoms with Gasteiger partial charge in [-0.15, -0.1) is 0 Å². The molecule has 1 aliphatic carbocycles. The molecule has 4 nitrogen and oxygen atoms in total. The van der Waals surface area contributed by atoms with E-state index in [0.717, 1.165) is 12.8 Å². The smallest absolute Gasteiger partial charge is 0.341 e. The molecule has 0 aliphatic heterocycles. The highest BCUT2D eigenvalue weighted by atomic mass is 16.5. The van der Waals surface area contributed by atoms with Gasteiger partial charge < -0.3 is 15.2 Å². The number of anilines is 1. The molecule has 1 aliphatic rings. The number of esters is 1. The maximum atomic E-state index is 11.7. The highest BCUT2D eigenvalue weighted by Gasteiger charge is 2.19. The zero-order valence-corrected chi connectivity index (χ0v) is 10.6. The van der Waals surface area contributed by atoms with Crippen LogP contribution in [-0.2, 0) is 4.74 Å². The first-order chi connectivity index (χ1) is 8.70. The van der Waals surface area contributed by atoms with Crippen molar-refractivity contribution < 1.29 is 14.3 Å². The molecule has 0 heterocycles. The predicted octanol–water partition coefficient (Wildman–Crippen LogP) is 2.77. The SMILES string of the molecule is COC(=O)c1cc(N)ccc1OC1CCCCC1. The van der Waals surface area contributed by atoms with Gasteiger partial charge in [0.15, 0.2) is 0 Å². The van der Waals surface area contributed by atoms with E-state index in [0.29, 0.717) is 17.0 Å². The standard InChI is InChI=1S/C14H19NO3/c1-17-14(16)12-9-10(15)7-8-13(12)18-11-5-3-2-4-6-11/h7-9,11H,2-6,15H2,1H3. The van der Waals surface area contributed by atoms with Gasteiger partial charge in [0.25, 0.3) is 0 Å². The second kappa shape index (κ2) is 5.76. The van der Waals surface area contributed by atoms with E-state index in [1.807, 2.05) is 0 Å². The van der Waals surface area contributed by atoms with Crippen LogP contribution in [0.15, 0.2) is 18.2 Å². The van der Waals surface area contributed by atoms with Gasteiger partial charge in [0.1, 0.15) is 11.3 Å². The summed E-state index contributed by atoms with van der Waals surface area (Å²) in [6.07, 6.45) is 5.94. The molecule has 0 atom stereocenters. The summed E-state index contributed by atoms with van der Waals surface area (Å²) in [6.45, 7) is 0. The van der Waals surface area contributed by atoms with E-state index >= 15 is 0 Å². The molecule has 1 aromatic rings. The molecule has 1 saturated carbocycles. The quantitative estimate of drug-likeness (QED) is 0.661. The number of hydrogen-bond acceptors (Lipinski definition) is 4. The summed E-state index contributed by atoms with van der Waals surface area (Å²) in [4.78, 5) is 11.7. The number of carbonyl (C=O) groups excluding carboxylic acids is 1. The van der Waals surface area contributed by atoms with Gasteiger partial charge in [-0.25, -0.2) is 4.79 Å². The minimum absolute atomic E-state index is 0.200. The summed E-state index contributed by atoms with van der Waals surface area (Å²) < 4.78 is 10.7. The molecule has 0 radical (unpaired) electrons. The Morgan fingerprint density at radius 2 is 2.00 bits per heavy atom. The van der Waals surface area contributed by atoms with Gasteiger partial charge in [-0.05, 0) is 43.9 Å². The number of nitrogen functional groups attached to an aromatic ring is 1. The summed E-state index contributed by atoms with van der Waals surface area (Å²) >= 11 is 0. The number of rotatable bonds is 3. The van der Waals surface area contributed by atoms with Crippen molar-refractivity contribution in [3.63, 3.8) is 0 Å². The Hall–Kier alpha value is -1.71. The average Bonchev–Trinajstić information content (AvgIpc) is 2.41. The minimum atomic E-state index is -0.409. The lowest BCUT2D eigenvalue weighted by Gasteiger charge is -2.24. The van der Waals surface area contributed by atoms with Crippen molar-refractivity contribution in [3.05, 3.63) is 23.8 Å². The van der Waals surface area contributed by atoms with Crippen molar-refractivity contribution in [1.29, 1.82) is 0 Å². The van der Waals surface area contributed by atoms with E-state index < -0.39 is 5.97 Å². The lowest BCUT2D eigenvalue weighted by atomic mass is 9.97. The number of benzene rings is 1. The Morgan fingerprint density at radius 3 is 2.67 bits per heavy atom. The second-order valence-electron chi connectivity index (χ2n) is 4.63. The number of nitrogens with two attached hydrogens (primary N) is 1. The first-order valence-corrected chi connectivity index (χ1v) is 6.35. The van der Waals surface area contributed by atoms with Crippen molar-refractivity contribution >= 4 is 11.7 Å². The zero-order chi connectivity index (χ0) is 13.0. The Labute approximate surface area is 107 Å². The van der Waals surface area contributed by atoms with Crippen LogP contribution in [0.3, 0.4) is 0 Å². The lowest BCUT2D eigenvalue weighted by molar-refractivity contribution is 0.0590. The van der Waals surface area contributed by atoms with Crippen LogP contribution in [0.1, 0.15) is 42.5 Å². The molecule has 0 saturated heterocycles. The van der Waals surface area contributed by atoms with Gasteiger partial charge in [-0.2, -0.15) is 0 Å². The summed E-state index contributed by atoms with van der Waals surface area (Å²) in [5, 5.41) is 0. The lowest BCUT2D eigenvalue weighted by Crippen LogP contribution is -2.21. The molecule has 98 valence electrons. The molecular weight excluding hydrogens is 230 g/mol. The van der Waals surface area contributed by atoms with Crippen LogP contribution in [0.4, 0.5) is 5.69 Å². The first-order valence-electron chi connectivity index (χ1n) is 6.35. The average molecular weight is 249 g/mol. The summed E-state index contributed by atoms with van der Waals surface area (Å²) in [5.74, 6) is 0.163. The van der Waals surface area contributed by atoms with Crippen LogP contribution < -0.4 is 10.5 Å². The first kappa shape index (κ1) is 12.7. The Bertz CT molecular complexity index is 425. The van der Waals surface area contributed by atoms with E-state index in [1.54, 1.807) is 18.2 Å². The third kappa shape index (κ3) is 2.94. The largest absolute Gasteiger partial charge is 0.490 e. The van der Waals surface area contributed by atoms with Crippen molar-refractivity contribution in [3.8, 4) is 5.75 Å². The molecule has 0 unspecified atom stereocenters. The molecule has 18 heavy (non-hydrogen) atoms. The molecular formula is C14H19NO3. The molecule has 0 aromatic heterocycles. The molecule has 0 amide bonds. The number of methoxy groups -OCH3 is 1. The minimum Gasteiger partial charge on any atom is -0.490 e. The fraction of sp³-hybridized carbons (Fsp3) is 0.500.